The molecule has 0 saturated carbocycles. The fraction of sp³-hybridized carbons (Fsp3) is 0.385. The molecule has 108 valence electrons. The van der Waals surface area contributed by atoms with E-state index in [1.54, 1.807) is 32.0 Å². The van der Waals surface area contributed by atoms with E-state index in [0.717, 1.165) is 0 Å². The molecule has 0 spiro atoms. The maximum absolute atomic E-state index is 11.8. The number of amides is 2. The van der Waals surface area contributed by atoms with Crippen molar-refractivity contribution in [3.63, 3.8) is 0 Å². The third-order valence-electron chi connectivity index (χ3n) is 2.75. The number of hydrogen-bond acceptors (Lipinski definition) is 5. The number of esters is 1. The molecule has 1 heterocycles. The number of urea groups is 1. The van der Waals surface area contributed by atoms with Crippen molar-refractivity contribution in [2.45, 2.75) is 19.4 Å². The molecular weight excluding hydrogens is 264 g/mol. The number of nitrogens with one attached hydrogen (secondary N) is 2. The van der Waals surface area contributed by atoms with Crippen molar-refractivity contribution in [3.05, 3.63) is 18.2 Å². The van der Waals surface area contributed by atoms with E-state index in [1.165, 1.54) is 7.11 Å². The molecule has 2 N–H and O–H groups in total. The van der Waals surface area contributed by atoms with Gasteiger partial charge < -0.3 is 24.8 Å². The standard InChI is InChI=1S/C13H16N2O5/c1-13(2,11(16)18-3)15-12(17)14-8-4-5-9-10(6-8)20-7-19-9/h4-6H,7H2,1-3H3,(H2,14,15,17). The monoisotopic (exact) mass is 280 g/mol. The van der Waals surface area contributed by atoms with Crippen molar-refractivity contribution in [1.82, 2.24) is 5.32 Å². The Morgan fingerprint density at radius 3 is 2.65 bits per heavy atom. The van der Waals surface area contributed by atoms with Crippen LogP contribution >= 0.6 is 0 Å². The molecule has 2 rings (SSSR count). The van der Waals surface area contributed by atoms with Crippen molar-refractivity contribution in [2.75, 3.05) is 19.2 Å². The molecule has 1 aromatic carbocycles. The molecule has 7 nitrogen and oxygen atoms in total. The second kappa shape index (κ2) is 5.28. The van der Waals surface area contributed by atoms with E-state index in [2.05, 4.69) is 15.4 Å². The second-order valence-electron chi connectivity index (χ2n) is 4.76. The average Bonchev–Trinajstić information content (AvgIpc) is 2.84. The van der Waals surface area contributed by atoms with Crippen LogP contribution in [0, 0.1) is 0 Å². The lowest BCUT2D eigenvalue weighted by molar-refractivity contribution is -0.146. The zero-order chi connectivity index (χ0) is 14.8. The highest BCUT2D eigenvalue weighted by Gasteiger charge is 2.30. The molecule has 0 unspecified atom stereocenters. The van der Waals surface area contributed by atoms with E-state index in [-0.39, 0.29) is 6.79 Å². The van der Waals surface area contributed by atoms with Crippen LogP contribution in [0.15, 0.2) is 18.2 Å². The zero-order valence-electron chi connectivity index (χ0n) is 11.5. The fourth-order valence-corrected chi connectivity index (χ4v) is 1.73. The number of anilines is 1. The highest BCUT2D eigenvalue weighted by Crippen LogP contribution is 2.34. The van der Waals surface area contributed by atoms with Crippen molar-refractivity contribution in [1.29, 1.82) is 0 Å². The van der Waals surface area contributed by atoms with Crippen LogP contribution in [-0.4, -0.2) is 31.4 Å². The molecule has 0 fully saturated rings. The van der Waals surface area contributed by atoms with Gasteiger partial charge in [-0.15, -0.1) is 0 Å². The van der Waals surface area contributed by atoms with Gasteiger partial charge in [0.25, 0.3) is 0 Å². The Hall–Kier alpha value is -2.44. The van der Waals surface area contributed by atoms with Crippen LogP contribution in [0.25, 0.3) is 0 Å². The van der Waals surface area contributed by atoms with Crippen molar-refractivity contribution in [3.8, 4) is 11.5 Å². The molecule has 1 aliphatic rings. The van der Waals surface area contributed by atoms with Crippen LogP contribution in [0.2, 0.25) is 0 Å². The lowest BCUT2D eigenvalue weighted by Gasteiger charge is -2.23. The lowest BCUT2D eigenvalue weighted by atomic mass is 10.1. The Morgan fingerprint density at radius 1 is 1.25 bits per heavy atom. The molecule has 20 heavy (non-hydrogen) atoms. The van der Waals surface area contributed by atoms with Crippen molar-refractivity contribution < 1.29 is 23.8 Å². The summed E-state index contributed by atoms with van der Waals surface area (Å²) >= 11 is 0. The Kier molecular flexibility index (Phi) is 3.69. The number of carbonyl (C=O) groups excluding carboxylic acids is 2. The lowest BCUT2D eigenvalue weighted by Crippen LogP contribution is -2.51. The maximum Gasteiger partial charge on any atom is 0.331 e. The van der Waals surface area contributed by atoms with Gasteiger partial charge in [-0.25, -0.2) is 9.59 Å². The van der Waals surface area contributed by atoms with Gasteiger partial charge in [-0.05, 0) is 26.0 Å². The third-order valence-corrected chi connectivity index (χ3v) is 2.75. The van der Waals surface area contributed by atoms with E-state index in [1.807, 2.05) is 0 Å². The summed E-state index contributed by atoms with van der Waals surface area (Å²) in [6.07, 6.45) is 0. The molecule has 1 aromatic rings. The zero-order valence-corrected chi connectivity index (χ0v) is 11.5. The third kappa shape index (κ3) is 2.93. The molecule has 0 atom stereocenters. The first-order valence-corrected chi connectivity index (χ1v) is 5.99. The summed E-state index contributed by atoms with van der Waals surface area (Å²) in [7, 11) is 1.27. The number of fused-ring (bicyclic) bond motifs is 1. The van der Waals surface area contributed by atoms with Crippen LogP contribution < -0.4 is 20.1 Å². The summed E-state index contributed by atoms with van der Waals surface area (Å²) in [5.74, 6) is 0.666. The summed E-state index contributed by atoms with van der Waals surface area (Å²) in [6, 6.07) is 4.51. The van der Waals surface area contributed by atoms with Gasteiger partial charge in [0.2, 0.25) is 6.79 Å². The van der Waals surface area contributed by atoms with Gasteiger partial charge >= 0.3 is 12.0 Å². The highest BCUT2D eigenvalue weighted by atomic mass is 16.7. The summed E-state index contributed by atoms with van der Waals surface area (Å²) in [5, 5.41) is 5.14. The Balaban J connectivity index is 2.00. The molecule has 0 bridgehead atoms. The van der Waals surface area contributed by atoms with Gasteiger partial charge in [-0.2, -0.15) is 0 Å². The van der Waals surface area contributed by atoms with E-state index in [0.29, 0.717) is 17.2 Å². The van der Waals surface area contributed by atoms with Gasteiger partial charge in [-0.3, -0.25) is 0 Å². The SMILES string of the molecule is COC(=O)C(C)(C)NC(=O)Nc1ccc2c(c1)OCO2. The van der Waals surface area contributed by atoms with Crippen LogP contribution in [-0.2, 0) is 9.53 Å². The Labute approximate surface area is 116 Å². The number of rotatable bonds is 3. The average molecular weight is 280 g/mol. The largest absolute Gasteiger partial charge is 0.467 e. The van der Waals surface area contributed by atoms with Gasteiger partial charge in [-0.1, -0.05) is 0 Å². The Morgan fingerprint density at radius 2 is 1.95 bits per heavy atom. The summed E-state index contributed by atoms with van der Waals surface area (Å²) in [4.78, 5) is 23.3. The van der Waals surface area contributed by atoms with Crippen LogP contribution in [0.3, 0.4) is 0 Å². The highest BCUT2D eigenvalue weighted by molar-refractivity contribution is 5.94. The topological polar surface area (TPSA) is 85.9 Å². The summed E-state index contributed by atoms with van der Waals surface area (Å²) in [5.41, 5.74) is -0.581. The predicted molar refractivity (Wildman–Crippen MR) is 70.8 cm³/mol. The molecular formula is C13H16N2O5. The van der Waals surface area contributed by atoms with Crippen molar-refractivity contribution in [2.24, 2.45) is 0 Å². The summed E-state index contributed by atoms with van der Waals surface area (Å²) < 4.78 is 15.0. The molecule has 2 amide bonds. The van der Waals surface area contributed by atoms with Crippen LogP contribution in [0.4, 0.5) is 10.5 Å². The predicted octanol–water partition coefficient (Wildman–Crippen LogP) is 1.49. The first-order valence-electron chi connectivity index (χ1n) is 5.99. The minimum atomic E-state index is -1.12. The van der Waals surface area contributed by atoms with Gasteiger partial charge in [0.15, 0.2) is 11.5 Å². The fourth-order valence-electron chi connectivity index (χ4n) is 1.73. The molecule has 1 aliphatic heterocycles. The van der Waals surface area contributed by atoms with E-state index in [9.17, 15) is 9.59 Å². The quantitative estimate of drug-likeness (QED) is 0.819. The second-order valence-corrected chi connectivity index (χ2v) is 4.76. The number of benzene rings is 1. The molecule has 0 aromatic heterocycles. The number of ether oxygens (including phenoxy) is 3. The summed E-state index contributed by atoms with van der Waals surface area (Å²) in [6.45, 7) is 3.27. The maximum atomic E-state index is 11.8. The van der Waals surface area contributed by atoms with Gasteiger partial charge in [0.05, 0.1) is 7.11 Å². The molecule has 0 saturated heterocycles. The minimum Gasteiger partial charge on any atom is -0.467 e. The number of hydrogen-bond donors (Lipinski definition) is 2. The Bertz CT molecular complexity index is 542. The van der Waals surface area contributed by atoms with Crippen molar-refractivity contribution >= 4 is 17.7 Å². The minimum absolute atomic E-state index is 0.167. The smallest absolute Gasteiger partial charge is 0.331 e. The van der Waals surface area contributed by atoms with Gasteiger partial charge in [0, 0.05) is 11.8 Å². The molecule has 7 heteroatoms. The molecule has 0 aliphatic carbocycles. The number of methoxy groups -OCH3 is 1. The first-order chi connectivity index (χ1) is 9.42. The van der Waals surface area contributed by atoms with Gasteiger partial charge in [0.1, 0.15) is 5.54 Å². The van der Waals surface area contributed by atoms with E-state index >= 15 is 0 Å². The normalized spacial score (nSPS) is 12.8. The first kappa shape index (κ1) is 14.0. The van der Waals surface area contributed by atoms with Crippen LogP contribution in [0.5, 0.6) is 11.5 Å². The number of carbonyl (C=O) groups is 2. The molecule has 0 radical (unpaired) electrons. The van der Waals surface area contributed by atoms with E-state index < -0.39 is 17.5 Å². The van der Waals surface area contributed by atoms with E-state index in [4.69, 9.17) is 9.47 Å². The van der Waals surface area contributed by atoms with Crippen LogP contribution in [0.1, 0.15) is 13.8 Å².